The molecule has 11 rings (SSSR count). The number of anilines is 3. The van der Waals surface area contributed by atoms with E-state index in [1.807, 2.05) is 11.3 Å². The Hall–Kier alpha value is -6.00. The fourth-order valence-corrected chi connectivity index (χ4v) is 16.6. The van der Waals surface area contributed by atoms with Gasteiger partial charge in [-0.15, -0.1) is 11.3 Å². The highest BCUT2D eigenvalue weighted by molar-refractivity contribution is 7.26. The Balaban J connectivity index is 1.22. The van der Waals surface area contributed by atoms with E-state index in [0.29, 0.717) is 0 Å². The standard InChI is InChI=1S/C55H45NSSi/c1-54(2,3)36-31-39(33-41(32-36)58(40-17-7-6-8-18-40)52-25-15-11-21-46(52)47-22-12-16-26-53(47)58)56(38-28-30-45-44-20-10-14-24-50(44)57-51(45)35-38)37-27-29-43-42-19-9-13-23-48(42)55(4,5)49(43)34-37/h6-35H,1-5H3. The zero-order chi connectivity index (χ0) is 39.4. The van der Waals surface area contributed by atoms with Crippen LogP contribution in [0.1, 0.15) is 51.3 Å². The number of fused-ring (bicyclic) bond motifs is 9. The van der Waals surface area contributed by atoms with Gasteiger partial charge in [0.2, 0.25) is 0 Å². The van der Waals surface area contributed by atoms with Crippen LogP contribution in [0.25, 0.3) is 42.4 Å². The predicted molar refractivity (Wildman–Crippen MR) is 253 cm³/mol. The summed E-state index contributed by atoms with van der Waals surface area (Å²) in [6, 6.07) is 69.6. The lowest BCUT2D eigenvalue weighted by molar-refractivity contribution is 0.591. The Bertz CT molecular complexity index is 3050. The van der Waals surface area contributed by atoms with Gasteiger partial charge in [-0.05, 0) is 108 Å². The van der Waals surface area contributed by atoms with Gasteiger partial charge in [0.25, 0.3) is 0 Å². The fourth-order valence-electron chi connectivity index (χ4n) is 10.2. The molecule has 8 aromatic carbocycles. The highest BCUT2D eigenvalue weighted by atomic mass is 32.1. The average molecular weight is 780 g/mol. The van der Waals surface area contributed by atoms with Crippen molar-refractivity contribution in [2.75, 3.05) is 4.90 Å². The molecule has 1 aliphatic carbocycles. The average Bonchev–Trinajstić information content (AvgIpc) is 3.85. The molecule has 0 saturated heterocycles. The van der Waals surface area contributed by atoms with Crippen LogP contribution in [0.2, 0.25) is 0 Å². The summed E-state index contributed by atoms with van der Waals surface area (Å²) in [6.07, 6.45) is 0. The number of rotatable bonds is 5. The number of hydrogen-bond acceptors (Lipinski definition) is 2. The fraction of sp³-hybridized carbons (Fsp3) is 0.127. The molecule has 3 heteroatoms. The Kier molecular flexibility index (Phi) is 7.73. The number of hydrogen-bond donors (Lipinski definition) is 0. The molecule has 0 fully saturated rings. The first-order chi connectivity index (χ1) is 28.1. The van der Waals surface area contributed by atoms with Crippen LogP contribution in [0.15, 0.2) is 182 Å². The number of thiophene rings is 1. The van der Waals surface area contributed by atoms with Crippen molar-refractivity contribution >= 4 is 77.4 Å². The summed E-state index contributed by atoms with van der Waals surface area (Å²) >= 11 is 1.89. The molecule has 2 heterocycles. The number of nitrogens with zero attached hydrogens (tertiary/aromatic N) is 1. The summed E-state index contributed by atoms with van der Waals surface area (Å²) in [5.41, 5.74) is 12.8. The van der Waals surface area contributed by atoms with Crippen molar-refractivity contribution in [3.8, 4) is 22.3 Å². The van der Waals surface area contributed by atoms with E-state index in [1.165, 1.54) is 96.9 Å². The van der Waals surface area contributed by atoms with Crippen LogP contribution in [0.4, 0.5) is 17.1 Å². The third kappa shape index (κ3) is 5.06. The molecule has 1 aliphatic heterocycles. The van der Waals surface area contributed by atoms with Gasteiger partial charge in [-0.1, -0.05) is 174 Å². The largest absolute Gasteiger partial charge is 0.310 e. The second kappa shape index (κ2) is 12.7. The summed E-state index contributed by atoms with van der Waals surface area (Å²) in [5, 5.41) is 8.40. The van der Waals surface area contributed by atoms with Crippen molar-refractivity contribution < 1.29 is 0 Å². The maximum absolute atomic E-state index is 2.79. The van der Waals surface area contributed by atoms with Gasteiger partial charge in [-0.2, -0.15) is 0 Å². The summed E-state index contributed by atoms with van der Waals surface area (Å²) in [7, 11) is -2.79. The summed E-state index contributed by atoms with van der Waals surface area (Å²) in [5.74, 6) is 0. The summed E-state index contributed by atoms with van der Waals surface area (Å²) in [6.45, 7) is 11.9. The van der Waals surface area contributed by atoms with E-state index >= 15 is 0 Å². The molecule has 0 atom stereocenters. The SMILES string of the molecule is CC(C)(C)c1cc(N(c2ccc3c(c2)C(C)(C)c2ccccc2-3)c2ccc3c(c2)sc2ccccc23)cc([Si]2(c3ccccc3)c3ccccc3-c3ccccc32)c1. The molecule has 0 unspecified atom stereocenters. The van der Waals surface area contributed by atoms with E-state index in [1.54, 1.807) is 0 Å². The van der Waals surface area contributed by atoms with Crippen LogP contribution in [-0.4, -0.2) is 8.07 Å². The van der Waals surface area contributed by atoms with Gasteiger partial charge < -0.3 is 4.90 Å². The van der Waals surface area contributed by atoms with Gasteiger partial charge >= 0.3 is 0 Å². The van der Waals surface area contributed by atoms with E-state index in [4.69, 9.17) is 0 Å². The molecule has 1 nitrogen and oxygen atoms in total. The van der Waals surface area contributed by atoms with Gasteiger partial charge in [0.15, 0.2) is 8.07 Å². The smallest absolute Gasteiger partial charge is 0.180 e. The predicted octanol–water partition coefficient (Wildman–Crippen LogP) is 12.5. The van der Waals surface area contributed by atoms with Crippen LogP contribution in [-0.2, 0) is 10.8 Å². The molecule has 0 spiro atoms. The Morgan fingerprint density at radius 2 is 1.03 bits per heavy atom. The topological polar surface area (TPSA) is 3.24 Å². The second-order valence-electron chi connectivity index (χ2n) is 17.7. The van der Waals surface area contributed by atoms with Crippen molar-refractivity contribution in [1.82, 2.24) is 0 Å². The maximum Gasteiger partial charge on any atom is 0.180 e. The van der Waals surface area contributed by atoms with E-state index in [2.05, 4.69) is 222 Å². The Labute approximate surface area is 346 Å². The lowest BCUT2D eigenvalue weighted by atomic mass is 9.82. The van der Waals surface area contributed by atoms with Crippen LogP contribution in [0.3, 0.4) is 0 Å². The highest BCUT2D eigenvalue weighted by Gasteiger charge is 2.49. The van der Waals surface area contributed by atoms with Crippen LogP contribution in [0.5, 0.6) is 0 Å². The molecule has 0 radical (unpaired) electrons. The zero-order valence-corrected chi connectivity index (χ0v) is 35.5. The van der Waals surface area contributed by atoms with Gasteiger partial charge in [-0.3, -0.25) is 0 Å². The molecule has 0 N–H and O–H groups in total. The monoisotopic (exact) mass is 779 g/mol. The number of benzene rings is 8. The van der Waals surface area contributed by atoms with Crippen molar-refractivity contribution in [3.05, 3.63) is 199 Å². The van der Waals surface area contributed by atoms with Gasteiger partial charge in [-0.25, -0.2) is 0 Å². The highest BCUT2D eigenvalue weighted by Crippen LogP contribution is 2.51. The van der Waals surface area contributed by atoms with Gasteiger partial charge in [0, 0.05) is 42.6 Å². The van der Waals surface area contributed by atoms with Crippen LogP contribution < -0.4 is 25.6 Å². The quantitative estimate of drug-likeness (QED) is 0.157. The molecule has 0 amide bonds. The van der Waals surface area contributed by atoms with Crippen molar-refractivity contribution in [1.29, 1.82) is 0 Å². The zero-order valence-electron chi connectivity index (χ0n) is 33.7. The van der Waals surface area contributed by atoms with E-state index in [-0.39, 0.29) is 10.8 Å². The maximum atomic E-state index is 2.57. The lowest BCUT2D eigenvalue weighted by Gasteiger charge is -2.35. The minimum atomic E-state index is -2.79. The van der Waals surface area contributed by atoms with Crippen molar-refractivity contribution in [3.63, 3.8) is 0 Å². The van der Waals surface area contributed by atoms with Crippen molar-refractivity contribution in [2.24, 2.45) is 0 Å². The molecule has 0 saturated carbocycles. The first-order valence-electron chi connectivity index (χ1n) is 20.5. The van der Waals surface area contributed by atoms with E-state index in [9.17, 15) is 0 Å². The molecule has 1 aromatic heterocycles. The molecule has 0 bridgehead atoms. The third-order valence-corrected chi connectivity index (χ3v) is 19.1. The first-order valence-corrected chi connectivity index (χ1v) is 23.3. The van der Waals surface area contributed by atoms with Crippen LogP contribution in [0, 0.1) is 0 Å². The Morgan fingerprint density at radius 3 is 1.78 bits per heavy atom. The molecule has 2 aliphatic rings. The first kappa shape index (κ1) is 35.2. The molecule has 58 heavy (non-hydrogen) atoms. The van der Waals surface area contributed by atoms with Gasteiger partial charge in [0.05, 0.1) is 0 Å². The summed E-state index contributed by atoms with van der Waals surface area (Å²) in [4.78, 5) is 2.56. The minimum absolute atomic E-state index is 0.0999. The molecule has 280 valence electrons. The third-order valence-electron chi connectivity index (χ3n) is 13.1. The van der Waals surface area contributed by atoms with Gasteiger partial charge in [0.1, 0.15) is 0 Å². The van der Waals surface area contributed by atoms with E-state index in [0.717, 1.165) is 0 Å². The van der Waals surface area contributed by atoms with Crippen LogP contribution >= 0.6 is 11.3 Å². The summed E-state index contributed by atoms with van der Waals surface area (Å²) < 4.78 is 2.63. The Morgan fingerprint density at radius 1 is 0.448 bits per heavy atom. The molecule has 9 aromatic rings. The van der Waals surface area contributed by atoms with Crippen molar-refractivity contribution in [2.45, 2.75) is 45.4 Å². The van der Waals surface area contributed by atoms with E-state index < -0.39 is 8.07 Å². The lowest BCUT2D eigenvalue weighted by Crippen LogP contribution is -2.73. The molecular formula is C55H45NSSi. The normalized spacial score (nSPS) is 14.6. The second-order valence-corrected chi connectivity index (χ2v) is 22.6. The molecular weight excluding hydrogens is 735 g/mol. The minimum Gasteiger partial charge on any atom is -0.310 e.